The maximum atomic E-state index is 11.4. The molecule has 0 aliphatic heterocycles. The second kappa shape index (κ2) is 7.45. The Bertz CT molecular complexity index is 566. The van der Waals surface area contributed by atoms with Gasteiger partial charge in [0.1, 0.15) is 0 Å². The second-order valence-corrected chi connectivity index (χ2v) is 4.63. The van der Waals surface area contributed by atoms with E-state index in [9.17, 15) is 4.79 Å². The van der Waals surface area contributed by atoms with Crippen LogP contribution in [0.15, 0.2) is 54.6 Å². The van der Waals surface area contributed by atoms with Crippen LogP contribution in [-0.2, 0) is 9.47 Å². The third-order valence-electron chi connectivity index (χ3n) is 3.18. The molecule has 0 aromatic heterocycles. The summed E-state index contributed by atoms with van der Waals surface area (Å²) in [6.45, 7) is 0.558. The number of hydrogen-bond acceptors (Lipinski definition) is 4. The molecule has 2 aromatic carbocycles. The van der Waals surface area contributed by atoms with Crippen LogP contribution in [0, 0.1) is 0 Å². The molecule has 0 spiro atoms. The van der Waals surface area contributed by atoms with Crippen molar-refractivity contribution in [3.05, 3.63) is 65.7 Å². The highest BCUT2D eigenvalue weighted by Gasteiger charge is 2.11. The first-order valence-electron chi connectivity index (χ1n) is 6.73. The molecular weight excluding hydrogens is 266 g/mol. The van der Waals surface area contributed by atoms with E-state index in [0.29, 0.717) is 12.2 Å². The molecule has 0 radical (unpaired) electrons. The number of rotatable bonds is 6. The number of methoxy groups -OCH3 is 2. The van der Waals surface area contributed by atoms with Crippen molar-refractivity contribution in [2.75, 3.05) is 26.1 Å². The van der Waals surface area contributed by atoms with E-state index in [0.717, 1.165) is 11.3 Å². The van der Waals surface area contributed by atoms with Crippen LogP contribution in [0.4, 0.5) is 5.69 Å². The zero-order valence-electron chi connectivity index (χ0n) is 12.2. The molecule has 0 aliphatic carbocycles. The number of ether oxygens (including phenoxy) is 2. The van der Waals surface area contributed by atoms with Gasteiger partial charge < -0.3 is 14.8 Å². The van der Waals surface area contributed by atoms with Gasteiger partial charge in [0.2, 0.25) is 0 Å². The zero-order valence-corrected chi connectivity index (χ0v) is 12.2. The summed E-state index contributed by atoms with van der Waals surface area (Å²) in [4.78, 5) is 11.4. The maximum absolute atomic E-state index is 11.4. The molecule has 2 rings (SSSR count). The Kier molecular flexibility index (Phi) is 5.35. The van der Waals surface area contributed by atoms with Crippen LogP contribution < -0.4 is 5.32 Å². The molecule has 1 atom stereocenters. The monoisotopic (exact) mass is 285 g/mol. The Morgan fingerprint density at radius 3 is 2.29 bits per heavy atom. The standard InChI is InChI=1S/C17H19NO3/c1-20-12-16(13-6-4-3-5-7-13)18-15-10-8-14(9-11-15)17(19)21-2/h3-11,16,18H,12H2,1-2H3. The van der Waals surface area contributed by atoms with E-state index in [1.807, 2.05) is 30.3 Å². The van der Waals surface area contributed by atoms with E-state index >= 15 is 0 Å². The van der Waals surface area contributed by atoms with Crippen LogP contribution >= 0.6 is 0 Å². The SMILES string of the molecule is COCC(Nc1ccc(C(=O)OC)cc1)c1ccccc1. The average molecular weight is 285 g/mol. The molecule has 1 unspecified atom stereocenters. The Balaban J connectivity index is 2.12. The summed E-state index contributed by atoms with van der Waals surface area (Å²) >= 11 is 0. The first-order chi connectivity index (χ1) is 10.2. The highest BCUT2D eigenvalue weighted by Crippen LogP contribution is 2.20. The minimum absolute atomic E-state index is 0.0557. The predicted molar refractivity (Wildman–Crippen MR) is 82.5 cm³/mol. The number of benzene rings is 2. The zero-order chi connectivity index (χ0) is 15.1. The minimum Gasteiger partial charge on any atom is -0.465 e. The van der Waals surface area contributed by atoms with E-state index in [1.54, 1.807) is 19.2 Å². The molecule has 4 nitrogen and oxygen atoms in total. The number of hydrogen-bond donors (Lipinski definition) is 1. The average Bonchev–Trinajstić information content (AvgIpc) is 2.55. The third kappa shape index (κ3) is 4.07. The fraction of sp³-hybridized carbons (Fsp3) is 0.235. The Morgan fingerprint density at radius 1 is 1.05 bits per heavy atom. The summed E-state index contributed by atoms with van der Waals surface area (Å²) in [5.74, 6) is -0.335. The van der Waals surface area contributed by atoms with E-state index in [1.165, 1.54) is 7.11 Å². The van der Waals surface area contributed by atoms with E-state index in [-0.39, 0.29) is 12.0 Å². The van der Waals surface area contributed by atoms with Gasteiger partial charge in [0.05, 0.1) is 25.3 Å². The number of carbonyl (C=O) groups excluding carboxylic acids is 1. The fourth-order valence-electron chi connectivity index (χ4n) is 2.09. The first kappa shape index (κ1) is 15.1. The van der Waals surface area contributed by atoms with Crippen LogP contribution in [0.1, 0.15) is 22.0 Å². The van der Waals surface area contributed by atoms with Crippen molar-refractivity contribution in [3.63, 3.8) is 0 Å². The van der Waals surface area contributed by atoms with Crippen molar-refractivity contribution < 1.29 is 14.3 Å². The van der Waals surface area contributed by atoms with Crippen LogP contribution in [0.25, 0.3) is 0 Å². The number of esters is 1. The largest absolute Gasteiger partial charge is 0.465 e. The van der Waals surface area contributed by atoms with Crippen LogP contribution in [0.5, 0.6) is 0 Å². The lowest BCUT2D eigenvalue weighted by Gasteiger charge is -2.19. The molecule has 2 aromatic rings. The normalized spacial score (nSPS) is 11.7. The van der Waals surface area contributed by atoms with Gasteiger partial charge in [-0.1, -0.05) is 30.3 Å². The molecule has 0 heterocycles. The van der Waals surface area contributed by atoms with E-state index in [2.05, 4.69) is 22.2 Å². The molecule has 0 amide bonds. The van der Waals surface area contributed by atoms with Gasteiger partial charge in [-0.3, -0.25) is 0 Å². The Labute approximate surface area is 124 Å². The van der Waals surface area contributed by atoms with Crippen LogP contribution in [0.3, 0.4) is 0 Å². The first-order valence-corrected chi connectivity index (χ1v) is 6.73. The molecule has 0 bridgehead atoms. The smallest absolute Gasteiger partial charge is 0.337 e. The van der Waals surface area contributed by atoms with Crippen LogP contribution in [-0.4, -0.2) is 26.8 Å². The third-order valence-corrected chi connectivity index (χ3v) is 3.18. The summed E-state index contributed by atoms with van der Waals surface area (Å²) in [7, 11) is 3.05. The molecule has 110 valence electrons. The lowest BCUT2D eigenvalue weighted by molar-refractivity contribution is 0.0601. The highest BCUT2D eigenvalue weighted by atomic mass is 16.5. The topological polar surface area (TPSA) is 47.6 Å². The van der Waals surface area contributed by atoms with Gasteiger partial charge in [0.25, 0.3) is 0 Å². The summed E-state index contributed by atoms with van der Waals surface area (Å²) in [5, 5.41) is 3.40. The van der Waals surface area contributed by atoms with Crippen LogP contribution in [0.2, 0.25) is 0 Å². The van der Waals surface area contributed by atoms with E-state index in [4.69, 9.17) is 4.74 Å². The molecule has 4 heteroatoms. The summed E-state index contributed by atoms with van der Waals surface area (Å²) in [5.41, 5.74) is 2.61. The summed E-state index contributed by atoms with van der Waals surface area (Å²) < 4.78 is 9.96. The van der Waals surface area contributed by atoms with Gasteiger partial charge in [0.15, 0.2) is 0 Å². The number of carbonyl (C=O) groups is 1. The molecule has 21 heavy (non-hydrogen) atoms. The molecule has 1 N–H and O–H groups in total. The minimum atomic E-state index is -0.335. The van der Waals surface area contributed by atoms with Crippen molar-refractivity contribution in [2.45, 2.75) is 6.04 Å². The fourth-order valence-corrected chi connectivity index (χ4v) is 2.09. The maximum Gasteiger partial charge on any atom is 0.337 e. The molecule has 0 saturated carbocycles. The highest BCUT2D eigenvalue weighted by molar-refractivity contribution is 5.89. The molecule has 0 aliphatic rings. The lowest BCUT2D eigenvalue weighted by atomic mass is 10.1. The number of anilines is 1. The predicted octanol–water partition coefficient (Wildman–Crippen LogP) is 3.27. The van der Waals surface area contributed by atoms with Gasteiger partial charge in [-0.2, -0.15) is 0 Å². The number of nitrogens with one attached hydrogen (secondary N) is 1. The Hall–Kier alpha value is -2.33. The van der Waals surface area contributed by atoms with E-state index < -0.39 is 0 Å². The Morgan fingerprint density at radius 2 is 1.71 bits per heavy atom. The van der Waals surface area contributed by atoms with Gasteiger partial charge >= 0.3 is 5.97 Å². The molecular formula is C17H19NO3. The van der Waals surface area contributed by atoms with Crippen molar-refractivity contribution in [1.82, 2.24) is 0 Å². The van der Waals surface area contributed by atoms with Crippen molar-refractivity contribution in [1.29, 1.82) is 0 Å². The molecule has 0 fully saturated rings. The second-order valence-electron chi connectivity index (χ2n) is 4.63. The van der Waals surface area contributed by atoms with Gasteiger partial charge in [0, 0.05) is 12.8 Å². The quantitative estimate of drug-likeness (QED) is 0.827. The summed E-state index contributed by atoms with van der Waals surface area (Å²) in [6, 6.07) is 17.3. The van der Waals surface area contributed by atoms with Crippen molar-refractivity contribution in [3.8, 4) is 0 Å². The van der Waals surface area contributed by atoms with Gasteiger partial charge in [-0.25, -0.2) is 4.79 Å². The summed E-state index contributed by atoms with van der Waals surface area (Å²) in [6.07, 6.45) is 0. The van der Waals surface area contributed by atoms with Crippen molar-refractivity contribution >= 4 is 11.7 Å². The van der Waals surface area contributed by atoms with Gasteiger partial charge in [-0.15, -0.1) is 0 Å². The lowest BCUT2D eigenvalue weighted by Crippen LogP contribution is -2.16. The van der Waals surface area contributed by atoms with Gasteiger partial charge in [-0.05, 0) is 29.8 Å². The molecule has 0 saturated heterocycles. The van der Waals surface area contributed by atoms with Crippen molar-refractivity contribution in [2.24, 2.45) is 0 Å².